The van der Waals surface area contributed by atoms with E-state index in [0.29, 0.717) is 32.2 Å². The van der Waals surface area contributed by atoms with Gasteiger partial charge in [-0.1, -0.05) is 24.9 Å². The summed E-state index contributed by atoms with van der Waals surface area (Å²) in [6, 6.07) is -2.12. The van der Waals surface area contributed by atoms with Gasteiger partial charge in [0.25, 0.3) is 5.91 Å². The fraction of sp³-hybridized carbons (Fsp3) is 0.824. The Balaban J connectivity index is 3.10. The van der Waals surface area contributed by atoms with Crippen LogP contribution in [0, 0.1) is 5.92 Å². The van der Waals surface area contributed by atoms with E-state index in [2.05, 4.69) is 10.0 Å². The molecule has 152 valence electrons. The summed E-state index contributed by atoms with van der Waals surface area (Å²) >= 11 is 0. The first-order chi connectivity index (χ1) is 12.7. The summed E-state index contributed by atoms with van der Waals surface area (Å²) in [5, 5.41) is 12.4. The van der Waals surface area contributed by atoms with Crippen molar-refractivity contribution in [3.63, 3.8) is 0 Å². The third kappa shape index (κ3) is 6.41. The van der Waals surface area contributed by atoms with Gasteiger partial charge >= 0.3 is 5.97 Å². The Kier molecular flexibility index (Phi) is 8.52. The van der Waals surface area contributed by atoms with Crippen LogP contribution in [0.2, 0.25) is 0 Å². The maximum absolute atomic E-state index is 13.1. The van der Waals surface area contributed by atoms with Gasteiger partial charge in [-0.05, 0) is 45.6 Å². The molecule has 0 aromatic carbocycles. The van der Waals surface area contributed by atoms with Crippen LogP contribution in [0.25, 0.3) is 10.4 Å². The van der Waals surface area contributed by atoms with Crippen molar-refractivity contribution in [3.05, 3.63) is 10.4 Å². The highest BCUT2D eigenvalue weighted by molar-refractivity contribution is 5.92. The van der Waals surface area contributed by atoms with Crippen molar-refractivity contribution in [2.75, 3.05) is 6.54 Å². The van der Waals surface area contributed by atoms with Crippen molar-refractivity contribution in [1.82, 2.24) is 10.4 Å². The summed E-state index contributed by atoms with van der Waals surface area (Å²) < 4.78 is 5.41. The van der Waals surface area contributed by atoms with Gasteiger partial charge in [0.15, 0.2) is 0 Å². The summed E-state index contributed by atoms with van der Waals surface area (Å²) in [6.45, 7) is 7.53. The molecule has 0 aliphatic carbocycles. The number of azide groups is 1. The number of unbranched alkanes of at least 4 members (excludes halogenated alkanes) is 1. The van der Waals surface area contributed by atoms with Crippen molar-refractivity contribution in [2.45, 2.75) is 77.5 Å². The third-order valence-electron chi connectivity index (χ3n) is 4.34. The predicted octanol–water partition coefficient (Wildman–Crippen LogP) is 2.31. The second kappa shape index (κ2) is 10.1. The smallest absolute Gasteiger partial charge is 0.329 e. The van der Waals surface area contributed by atoms with Crippen LogP contribution in [-0.4, -0.2) is 52.1 Å². The monoisotopic (exact) mass is 383 g/mol. The number of nitrogens with zero attached hydrogens (tertiary/aromatic N) is 4. The zero-order valence-electron chi connectivity index (χ0n) is 16.3. The standard InChI is InChI=1S/C17H29N5O5/c1-5-6-8-11(13(19-21-18)14(23)20-26)15(24)22-10-7-9-12(22)16(25)27-17(2,3)4/h11-13,26H,5-10H2,1-4H3,(H,20,23). The lowest BCUT2D eigenvalue weighted by Gasteiger charge is -2.31. The molecule has 3 unspecified atom stereocenters. The molecule has 2 amide bonds. The van der Waals surface area contributed by atoms with Gasteiger partial charge in [-0.2, -0.15) is 0 Å². The number of nitrogens with one attached hydrogen (secondary N) is 1. The lowest BCUT2D eigenvalue weighted by atomic mass is 9.92. The molecule has 27 heavy (non-hydrogen) atoms. The number of carbonyl (C=O) groups is 3. The Morgan fingerprint density at radius 3 is 2.59 bits per heavy atom. The fourth-order valence-electron chi connectivity index (χ4n) is 3.14. The van der Waals surface area contributed by atoms with Crippen molar-refractivity contribution in [2.24, 2.45) is 11.0 Å². The number of hydroxylamine groups is 1. The normalized spacial score (nSPS) is 19.0. The number of hydrogen-bond acceptors (Lipinski definition) is 6. The molecule has 0 bridgehead atoms. The van der Waals surface area contributed by atoms with Crippen LogP contribution in [0.4, 0.5) is 0 Å². The zero-order valence-corrected chi connectivity index (χ0v) is 16.3. The van der Waals surface area contributed by atoms with Crippen LogP contribution in [-0.2, 0) is 19.1 Å². The van der Waals surface area contributed by atoms with E-state index in [1.54, 1.807) is 20.8 Å². The van der Waals surface area contributed by atoms with Gasteiger partial charge < -0.3 is 9.64 Å². The summed E-state index contributed by atoms with van der Waals surface area (Å²) in [5.74, 6) is -2.85. The van der Waals surface area contributed by atoms with E-state index in [9.17, 15) is 14.4 Å². The number of carbonyl (C=O) groups excluding carboxylic acids is 3. The first kappa shape index (κ1) is 22.7. The maximum atomic E-state index is 13.1. The van der Waals surface area contributed by atoms with Gasteiger partial charge in [-0.15, -0.1) is 0 Å². The Hall–Kier alpha value is -2.32. The van der Waals surface area contributed by atoms with Crippen molar-refractivity contribution < 1.29 is 24.3 Å². The summed E-state index contributed by atoms with van der Waals surface area (Å²) in [5.41, 5.74) is 9.54. The zero-order chi connectivity index (χ0) is 20.6. The minimum absolute atomic E-state index is 0.296. The minimum Gasteiger partial charge on any atom is -0.458 e. The highest BCUT2D eigenvalue weighted by Crippen LogP contribution is 2.27. The highest BCUT2D eigenvalue weighted by Gasteiger charge is 2.42. The molecule has 3 atom stereocenters. The molecule has 1 heterocycles. The fourth-order valence-corrected chi connectivity index (χ4v) is 3.14. The number of ether oxygens (including phenoxy) is 1. The van der Waals surface area contributed by atoms with Crippen LogP contribution in [0.5, 0.6) is 0 Å². The maximum Gasteiger partial charge on any atom is 0.329 e. The van der Waals surface area contributed by atoms with Crippen LogP contribution in [0.15, 0.2) is 5.11 Å². The van der Waals surface area contributed by atoms with Gasteiger partial charge in [0, 0.05) is 11.5 Å². The van der Waals surface area contributed by atoms with Gasteiger partial charge in [0.05, 0.1) is 5.92 Å². The molecule has 1 aliphatic heterocycles. The molecule has 1 aliphatic rings. The van der Waals surface area contributed by atoms with Crippen LogP contribution in [0.3, 0.4) is 0 Å². The van der Waals surface area contributed by atoms with Crippen molar-refractivity contribution >= 4 is 17.8 Å². The lowest BCUT2D eigenvalue weighted by molar-refractivity contribution is -0.164. The Morgan fingerprint density at radius 1 is 1.41 bits per heavy atom. The molecule has 0 aromatic heterocycles. The summed E-state index contributed by atoms with van der Waals surface area (Å²) in [7, 11) is 0. The van der Waals surface area contributed by atoms with Crippen LogP contribution < -0.4 is 5.48 Å². The number of esters is 1. The first-order valence-electron chi connectivity index (χ1n) is 9.17. The Bertz CT molecular complexity index is 597. The average molecular weight is 383 g/mol. The number of likely N-dealkylation sites (tertiary alicyclic amines) is 1. The van der Waals surface area contributed by atoms with Gasteiger partial charge in [-0.25, -0.2) is 10.3 Å². The molecule has 2 N–H and O–H groups in total. The van der Waals surface area contributed by atoms with E-state index in [-0.39, 0.29) is 0 Å². The molecule has 0 spiro atoms. The van der Waals surface area contributed by atoms with Gasteiger partial charge in [0.2, 0.25) is 5.91 Å². The molecule has 10 heteroatoms. The first-order valence-corrected chi connectivity index (χ1v) is 9.17. The molecule has 10 nitrogen and oxygen atoms in total. The van der Waals surface area contributed by atoms with E-state index in [1.165, 1.54) is 10.4 Å². The van der Waals surface area contributed by atoms with E-state index in [0.717, 1.165) is 6.42 Å². The van der Waals surface area contributed by atoms with E-state index in [4.69, 9.17) is 15.5 Å². The molecular weight excluding hydrogens is 354 g/mol. The molecule has 1 rings (SSSR count). The Labute approximate surface area is 158 Å². The largest absolute Gasteiger partial charge is 0.458 e. The molecule has 0 aromatic rings. The number of rotatable bonds is 8. The minimum atomic E-state index is -1.39. The van der Waals surface area contributed by atoms with Crippen molar-refractivity contribution in [1.29, 1.82) is 0 Å². The van der Waals surface area contributed by atoms with Crippen LogP contribution >= 0.6 is 0 Å². The average Bonchev–Trinajstić information content (AvgIpc) is 3.08. The van der Waals surface area contributed by atoms with Crippen LogP contribution in [0.1, 0.15) is 59.8 Å². The second-order valence-electron chi connectivity index (χ2n) is 7.60. The molecule has 1 fully saturated rings. The highest BCUT2D eigenvalue weighted by atomic mass is 16.6. The second-order valence-corrected chi connectivity index (χ2v) is 7.60. The summed E-state index contributed by atoms with van der Waals surface area (Å²) in [4.78, 5) is 41.6. The topological polar surface area (TPSA) is 145 Å². The Morgan fingerprint density at radius 2 is 2.07 bits per heavy atom. The molecule has 0 radical (unpaired) electrons. The number of amides is 2. The molecule has 1 saturated heterocycles. The van der Waals surface area contributed by atoms with E-state index < -0.39 is 41.4 Å². The molecular formula is C17H29N5O5. The SMILES string of the molecule is CCCCC(C(=O)N1CCCC1C(=O)OC(C)(C)C)C(N=[N+]=[N-])C(=O)NO. The number of hydrogen-bond donors (Lipinski definition) is 2. The third-order valence-corrected chi connectivity index (χ3v) is 4.34. The summed E-state index contributed by atoms with van der Waals surface area (Å²) in [6.07, 6.45) is 2.79. The predicted molar refractivity (Wildman–Crippen MR) is 96.5 cm³/mol. The quantitative estimate of drug-likeness (QED) is 0.165. The molecule has 0 saturated carbocycles. The van der Waals surface area contributed by atoms with E-state index >= 15 is 0 Å². The van der Waals surface area contributed by atoms with Crippen molar-refractivity contribution in [3.8, 4) is 0 Å². The van der Waals surface area contributed by atoms with Gasteiger partial charge in [0.1, 0.15) is 17.7 Å². The lowest BCUT2D eigenvalue weighted by Crippen LogP contribution is -2.50. The van der Waals surface area contributed by atoms with Gasteiger partial charge in [-0.3, -0.25) is 14.8 Å². The van der Waals surface area contributed by atoms with E-state index in [1.807, 2.05) is 6.92 Å².